The van der Waals surface area contributed by atoms with Gasteiger partial charge in [0.1, 0.15) is 18.8 Å². The van der Waals surface area contributed by atoms with Gasteiger partial charge in [0, 0.05) is 12.6 Å². The van der Waals surface area contributed by atoms with Gasteiger partial charge >= 0.3 is 0 Å². The molecule has 1 aromatic carbocycles. The summed E-state index contributed by atoms with van der Waals surface area (Å²) in [6, 6.07) is 8.33. The molecule has 150 valence electrons. The fraction of sp³-hybridized carbons (Fsp3) is 0.350. The molecule has 8 nitrogen and oxygen atoms in total. The minimum atomic E-state index is -0.381. The van der Waals surface area contributed by atoms with Gasteiger partial charge in [0.25, 0.3) is 0 Å². The van der Waals surface area contributed by atoms with Gasteiger partial charge in [-0.3, -0.25) is 4.68 Å². The van der Waals surface area contributed by atoms with Crippen LogP contribution in [-0.2, 0) is 20.1 Å². The van der Waals surface area contributed by atoms with Gasteiger partial charge in [-0.05, 0) is 37.0 Å². The zero-order chi connectivity index (χ0) is 20.4. The van der Waals surface area contributed by atoms with E-state index in [1.807, 2.05) is 6.07 Å². The molecule has 0 aliphatic heterocycles. The number of hydrogen-bond donors (Lipinski definition) is 0. The first-order valence-electron chi connectivity index (χ1n) is 9.49. The highest BCUT2D eigenvalue weighted by atomic mass is 19.1. The molecule has 9 heteroatoms. The van der Waals surface area contributed by atoms with Gasteiger partial charge < -0.3 is 4.74 Å². The van der Waals surface area contributed by atoms with Gasteiger partial charge in [0.2, 0.25) is 5.88 Å². The van der Waals surface area contributed by atoms with E-state index >= 15 is 0 Å². The number of fused-ring (bicyclic) bond motifs is 1. The first-order valence-corrected chi connectivity index (χ1v) is 9.49. The monoisotopic (exact) mass is 395 g/mol. The fourth-order valence-corrected chi connectivity index (χ4v) is 2.99. The zero-order valence-electron chi connectivity index (χ0n) is 16.6. The Morgan fingerprint density at radius 2 is 2.00 bits per heavy atom. The van der Waals surface area contributed by atoms with E-state index in [0.717, 1.165) is 18.4 Å². The Balaban J connectivity index is 1.74. The number of benzene rings is 1. The molecule has 0 N–H and O–H groups in total. The minimum Gasteiger partial charge on any atom is -0.468 e. The Morgan fingerprint density at radius 1 is 1.17 bits per heavy atom. The molecule has 0 aliphatic rings. The molecule has 4 aromatic rings. The Morgan fingerprint density at radius 3 is 2.72 bits per heavy atom. The number of aromatic nitrogens is 7. The average Bonchev–Trinajstić information content (AvgIpc) is 3.30. The summed E-state index contributed by atoms with van der Waals surface area (Å²) in [6.07, 6.45) is 3.24. The summed E-state index contributed by atoms with van der Waals surface area (Å²) >= 11 is 0. The second-order valence-electron chi connectivity index (χ2n) is 7.27. The topological polar surface area (TPSA) is 83.0 Å². The van der Waals surface area contributed by atoms with Gasteiger partial charge in [0.15, 0.2) is 17.3 Å². The lowest BCUT2D eigenvalue weighted by Crippen LogP contribution is -2.09. The van der Waals surface area contributed by atoms with Crippen LogP contribution in [0.2, 0.25) is 0 Å². The Kier molecular flexibility index (Phi) is 5.20. The van der Waals surface area contributed by atoms with Crippen LogP contribution in [0.4, 0.5) is 4.39 Å². The van der Waals surface area contributed by atoms with Crippen LogP contribution < -0.4 is 4.74 Å². The summed E-state index contributed by atoms with van der Waals surface area (Å²) in [5.74, 6) is 1.62. The number of ether oxygens (including phenoxy) is 1. The molecule has 4 rings (SSSR count). The van der Waals surface area contributed by atoms with Crippen molar-refractivity contribution < 1.29 is 9.13 Å². The van der Waals surface area contributed by atoms with E-state index in [1.165, 1.54) is 16.9 Å². The maximum absolute atomic E-state index is 14.3. The molecule has 29 heavy (non-hydrogen) atoms. The van der Waals surface area contributed by atoms with Crippen molar-refractivity contribution in [1.82, 2.24) is 34.6 Å². The van der Waals surface area contributed by atoms with Crippen LogP contribution in [0.15, 0.2) is 36.7 Å². The van der Waals surface area contributed by atoms with E-state index in [4.69, 9.17) is 4.74 Å². The van der Waals surface area contributed by atoms with Crippen LogP contribution in [0.25, 0.3) is 17.0 Å². The molecule has 0 fully saturated rings. The lowest BCUT2D eigenvalue weighted by molar-refractivity contribution is 0.270. The predicted molar refractivity (Wildman–Crippen MR) is 105 cm³/mol. The van der Waals surface area contributed by atoms with Crippen molar-refractivity contribution in [2.75, 3.05) is 0 Å². The predicted octanol–water partition coefficient (Wildman–Crippen LogP) is 3.23. The molecule has 3 aromatic heterocycles. The molecule has 0 atom stereocenters. The molecular formula is C20H22FN7O. The maximum Gasteiger partial charge on any atom is 0.235 e. The van der Waals surface area contributed by atoms with Crippen molar-refractivity contribution in [3.8, 4) is 17.3 Å². The molecule has 0 saturated carbocycles. The summed E-state index contributed by atoms with van der Waals surface area (Å²) < 4.78 is 23.4. The molecule has 0 unspecified atom stereocenters. The normalized spacial score (nSPS) is 11.5. The first kappa shape index (κ1) is 19.0. The van der Waals surface area contributed by atoms with Gasteiger partial charge in [-0.1, -0.05) is 26.0 Å². The van der Waals surface area contributed by atoms with Crippen molar-refractivity contribution in [2.45, 2.75) is 33.3 Å². The van der Waals surface area contributed by atoms with Crippen molar-refractivity contribution in [2.24, 2.45) is 13.0 Å². The van der Waals surface area contributed by atoms with E-state index < -0.39 is 0 Å². The molecule has 0 amide bonds. The summed E-state index contributed by atoms with van der Waals surface area (Å²) in [7, 11) is 1.80. The van der Waals surface area contributed by atoms with Gasteiger partial charge in [0.05, 0.1) is 5.56 Å². The minimum absolute atomic E-state index is 0.223. The van der Waals surface area contributed by atoms with Crippen LogP contribution >= 0.6 is 0 Å². The van der Waals surface area contributed by atoms with Gasteiger partial charge in [-0.2, -0.15) is 9.61 Å². The zero-order valence-corrected chi connectivity index (χ0v) is 16.6. The molecule has 0 aliphatic carbocycles. The van der Waals surface area contributed by atoms with Gasteiger partial charge in [-0.15, -0.1) is 15.3 Å². The van der Waals surface area contributed by atoms with E-state index in [9.17, 15) is 4.39 Å². The second-order valence-corrected chi connectivity index (χ2v) is 7.27. The lowest BCUT2D eigenvalue weighted by atomic mass is 10.0. The maximum atomic E-state index is 14.3. The van der Waals surface area contributed by atoms with Crippen molar-refractivity contribution in [1.29, 1.82) is 0 Å². The van der Waals surface area contributed by atoms with Crippen molar-refractivity contribution in [3.63, 3.8) is 0 Å². The molecule has 0 radical (unpaired) electrons. The second kappa shape index (κ2) is 7.94. The number of aryl methyl sites for hydroxylation is 2. The van der Waals surface area contributed by atoms with Crippen LogP contribution in [0.3, 0.4) is 0 Å². The molecule has 3 heterocycles. The summed E-state index contributed by atoms with van der Waals surface area (Å²) in [5.41, 5.74) is 1.82. The Bertz CT molecular complexity index is 1140. The van der Waals surface area contributed by atoms with E-state index in [2.05, 4.69) is 39.2 Å². The SMILES string of the molecule is CC(C)CCc1cc2nnc(-c3ccccc3F)n2nc1OCc1ncnn1C. The summed E-state index contributed by atoms with van der Waals surface area (Å²) in [5, 5.41) is 17.0. The number of hydrogen-bond acceptors (Lipinski definition) is 6. The summed E-state index contributed by atoms with van der Waals surface area (Å²) in [6.45, 7) is 4.56. The van der Waals surface area contributed by atoms with E-state index in [-0.39, 0.29) is 12.4 Å². The standard InChI is InChI=1S/C20H22FN7O/c1-13(2)8-9-14-10-17-24-25-19(15-6-4-5-7-16(15)21)28(17)26-20(14)29-11-18-22-12-23-27(18)3/h4-7,10,12-13H,8-9,11H2,1-3H3. The van der Waals surface area contributed by atoms with Crippen LogP contribution in [0.5, 0.6) is 5.88 Å². The highest BCUT2D eigenvalue weighted by Crippen LogP contribution is 2.25. The molecule has 0 saturated heterocycles. The lowest BCUT2D eigenvalue weighted by Gasteiger charge is -2.12. The number of halogens is 1. The number of nitrogens with zero attached hydrogens (tertiary/aromatic N) is 7. The third-order valence-electron chi connectivity index (χ3n) is 4.68. The van der Waals surface area contributed by atoms with Crippen molar-refractivity contribution >= 4 is 5.65 Å². The highest BCUT2D eigenvalue weighted by Gasteiger charge is 2.17. The van der Waals surface area contributed by atoms with E-state index in [0.29, 0.717) is 34.7 Å². The van der Waals surface area contributed by atoms with Crippen LogP contribution in [-0.4, -0.2) is 34.6 Å². The molecule has 0 bridgehead atoms. The quantitative estimate of drug-likeness (QED) is 0.478. The smallest absolute Gasteiger partial charge is 0.235 e. The van der Waals surface area contributed by atoms with Gasteiger partial charge in [-0.25, -0.2) is 9.37 Å². The third kappa shape index (κ3) is 3.94. The largest absolute Gasteiger partial charge is 0.468 e. The highest BCUT2D eigenvalue weighted by molar-refractivity contribution is 5.60. The molecule has 0 spiro atoms. The number of rotatable bonds is 7. The van der Waals surface area contributed by atoms with Crippen LogP contribution in [0, 0.1) is 11.7 Å². The van der Waals surface area contributed by atoms with Crippen molar-refractivity contribution in [3.05, 3.63) is 53.9 Å². The third-order valence-corrected chi connectivity index (χ3v) is 4.68. The van der Waals surface area contributed by atoms with Crippen LogP contribution in [0.1, 0.15) is 31.7 Å². The summed E-state index contributed by atoms with van der Waals surface area (Å²) in [4.78, 5) is 4.18. The van der Waals surface area contributed by atoms with E-state index in [1.54, 1.807) is 29.9 Å². The average molecular weight is 395 g/mol. The Labute approximate surface area is 167 Å². The molecular weight excluding hydrogens is 373 g/mol. The Hall–Kier alpha value is -3.36. The first-order chi connectivity index (χ1) is 14.0. The fourth-order valence-electron chi connectivity index (χ4n) is 2.99.